The normalized spacial score (nSPS) is 11.5. The van der Waals surface area contributed by atoms with Crippen molar-refractivity contribution in [3.8, 4) is 11.1 Å². The molecule has 0 atom stereocenters. The summed E-state index contributed by atoms with van der Waals surface area (Å²) in [4.78, 5) is 11.4. The maximum absolute atomic E-state index is 11.4. The molecule has 0 aliphatic heterocycles. The van der Waals surface area contributed by atoms with Crippen molar-refractivity contribution in [2.45, 2.75) is 20.8 Å². The zero-order valence-corrected chi connectivity index (χ0v) is 15.8. The monoisotopic (exact) mass is 360 g/mol. The summed E-state index contributed by atoms with van der Waals surface area (Å²) in [6, 6.07) is 14.5. The highest BCUT2D eigenvalue weighted by Crippen LogP contribution is 2.24. The van der Waals surface area contributed by atoms with E-state index in [1.165, 1.54) is 0 Å². The second-order valence-electron chi connectivity index (χ2n) is 5.28. The van der Waals surface area contributed by atoms with Gasteiger partial charge in [0.05, 0.1) is 5.56 Å². The number of benzene rings is 2. The van der Waals surface area contributed by atoms with Gasteiger partial charge in [0.2, 0.25) is 0 Å². The fourth-order valence-electron chi connectivity index (χ4n) is 2.72. The van der Waals surface area contributed by atoms with Crippen molar-refractivity contribution in [2.75, 3.05) is 19.8 Å². The summed E-state index contributed by atoms with van der Waals surface area (Å²) >= 11 is 0. The van der Waals surface area contributed by atoms with Crippen molar-refractivity contribution in [1.82, 2.24) is 0 Å². The molecule has 0 spiro atoms. The van der Waals surface area contributed by atoms with Gasteiger partial charge in [-0.25, -0.2) is 4.79 Å². The van der Waals surface area contributed by atoms with Crippen LogP contribution in [0.4, 0.5) is 0 Å². The maximum atomic E-state index is 11.4. The lowest BCUT2D eigenvalue weighted by atomic mass is 10.00. The van der Waals surface area contributed by atoms with E-state index in [2.05, 4.69) is 0 Å². The molecule has 2 rings (SSSR count). The number of hydrogen-bond donors (Lipinski definition) is 1. The molecule has 25 heavy (non-hydrogen) atoms. The number of rotatable bonds is 9. The number of aromatic carboxylic acids is 1. The van der Waals surface area contributed by atoms with Crippen molar-refractivity contribution in [3.63, 3.8) is 0 Å². The van der Waals surface area contributed by atoms with Crippen LogP contribution in [0, 0.1) is 0 Å². The molecule has 5 nitrogen and oxygen atoms in total. The third-order valence-corrected chi connectivity index (χ3v) is 6.76. The minimum atomic E-state index is -2.95. The lowest BCUT2D eigenvalue weighted by Crippen LogP contribution is -2.56. The molecule has 0 fully saturated rings. The van der Waals surface area contributed by atoms with Crippen molar-refractivity contribution in [1.29, 1.82) is 0 Å². The van der Waals surface area contributed by atoms with Crippen molar-refractivity contribution in [2.24, 2.45) is 0 Å². The van der Waals surface area contributed by atoms with Gasteiger partial charge >= 0.3 is 14.8 Å². The highest BCUT2D eigenvalue weighted by atomic mass is 28.4. The highest BCUT2D eigenvalue weighted by molar-refractivity contribution is 6.75. The first-order valence-electron chi connectivity index (χ1n) is 8.43. The minimum Gasteiger partial charge on any atom is -0.478 e. The van der Waals surface area contributed by atoms with E-state index < -0.39 is 14.8 Å². The highest BCUT2D eigenvalue weighted by Gasteiger charge is 2.43. The van der Waals surface area contributed by atoms with Crippen LogP contribution in [0.5, 0.6) is 0 Å². The Balaban J connectivity index is 2.42. The largest absolute Gasteiger partial charge is 0.537 e. The van der Waals surface area contributed by atoms with Crippen LogP contribution in [0.2, 0.25) is 0 Å². The Kier molecular flexibility index (Phi) is 6.89. The molecule has 0 aliphatic rings. The Morgan fingerprint density at radius 1 is 0.880 bits per heavy atom. The first-order valence-corrected chi connectivity index (χ1v) is 10.2. The molecule has 0 amide bonds. The molecule has 6 heteroatoms. The van der Waals surface area contributed by atoms with Crippen LogP contribution in [0.15, 0.2) is 48.5 Å². The van der Waals surface area contributed by atoms with E-state index in [0.29, 0.717) is 25.4 Å². The third kappa shape index (κ3) is 4.35. The lowest BCUT2D eigenvalue weighted by molar-refractivity contribution is 0.0697. The Bertz CT molecular complexity index is 682. The number of carboxylic acid groups (broad SMARTS) is 1. The third-order valence-electron chi connectivity index (χ3n) is 3.71. The van der Waals surface area contributed by atoms with E-state index in [4.69, 9.17) is 13.3 Å². The molecule has 2 aromatic rings. The molecule has 0 aliphatic carbocycles. The van der Waals surface area contributed by atoms with Gasteiger partial charge in [0, 0.05) is 25.0 Å². The predicted molar refractivity (Wildman–Crippen MR) is 99.1 cm³/mol. The van der Waals surface area contributed by atoms with Crippen molar-refractivity contribution in [3.05, 3.63) is 54.1 Å². The van der Waals surface area contributed by atoms with Gasteiger partial charge in [0.25, 0.3) is 0 Å². The quantitative estimate of drug-likeness (QED) is 0.695. The summed E-state index contributed by atoms with van der Waals surface area (Å²) in [5.41, 5.74) is 1.78. The Morgan fingerprint density at radius 3 is 1.88 bits per heavy atom. The zero-order chi connectivity index (χ0) is 18.3. The Hall–Kier alpha value is -1.99. The van der Waals surface area contributed by atoms with E-state index in [0.717, 1.165) is 10.8 Å². The molecule has 0 saturated carbocycles. The SMILES string of the molecule is CCO[Si](OCC)(OCC)c1ccc(-c2ccccc2C(=O)O)cc1. The molecular formula is C19H24O5Si. The summed E-state index contributed by atoms with van der Waals surface area (Å²) in [6.45, 7) is 7.23. The van der Waals surface area contributed by atoms with Crippen LogP contribution in [-0.2, 0) is 13.3 Å². The lowest BCUT2D eigenvalue weighted by Gasteiger charge is -2.28. The fourth-order valence-corrected chi connectivity index (χ4v) is 5.19. The molecule has 0 saturated heterocycles. The van der Waals surface area contributed by atoms with E-state index >= 15 is 0 Å². The summed E-state index contributed by atoms with van der Waals surface area (Å²) in [7, 11) is -2.95. The minimum absolute atomic E-state index is 0.276. The summed E-state index contributed by atoms with van der Waals surface area (Å²) < 4.78 is 17.7. The number of hydrogen-bond acceptors (Lipinski definition) is 4. The maximum Gasteiger partial charge on any atom is 0.537 e. The van der Waals surface area contributed by atoms with Gasteiger partial charge in [-0.3, -0.25) is 0 Å². The second-order valence-corrected chi connectivity index (χ2v) is 7.84. The zero-order valence-electron chi connectivity index (χ0n) is 14.8. The van der Waals surface area contributed by atoms with Crippen LogP contribution in [0.3, 0.4) is 0 Å². The van der Waals surface area contributed by atoms with Crippen LogP contribution in [0.25, 0.3) is 11.1 Å². The molecule has 1 N–H and O–H groups in total. The average molecular weight is 360 g/mol. The van der Waals surface area contributed by atoms with Gasteiger partial charge in [0.1, 0.15) is 0 Å². The molecule has 0 bridgehead atoms. The molecule has 0 aromatic heterocycles. The molecular weight excluding hydrogens is 336 g/mol. The van der Waals surface area contributed by atoms with Crippen molar-refractivity contribution < 1.29 is 23.2 Å². The topological polar surface area (TPSA) is 65.0 Å². The number of carboxylic acids is 1. The molecule has 134 valence electrons. The predicted octanol–water partition coefficient (Wildman–Crippen LogP) is 3.31. The first kappa shape index (κ1) is 19.3. The van der Waals surface area contributed by atoms with Gasteiger partial charge in [-0.05, 0) is 38.0 Å². The van der Waals surface area contributed by atoms with E-state index in [9.17, 15) is 9.90 Å². The van der Waals surface area contributed by atoms with Gasteiger partial charge in [-0.2, -0.15) is 0 Å². The molecule has 2 aromatic carbocycles. The Labute approximate surface area is 149 Å². The first-order chi connectivity index (χ1) is 12.1. The smallest absolute Gasteiger partial charge is 0.478 e. The average Bonchev–Trinajstić information content (AvgIpc) is 2.62. The van der Waals surface area contributed by atoms with Gasteiger partial charge in [-0.15, -0.1) is 0 Å². The summed E-state index contributed by atoms with van der Waals surface area (Å²) in [5, 5.41) is 10.2. The fraction of sp³-hybridized carbons (Fsp3) is 0.316. The van der Waals surface area contributed by atoms with E-state index in [1.54, 1.807) is 18.2 Å². The molecule has 0 radical (unpaired) electrons. The molecule has 0 unspecified atom stereocenters. The van der Waals surface area contributed by atoms with E-state index in [1.807, 2.05) is 51.1 Å². The second kappa shape index (κ2) is 8.91. The Morgan fingerprint density at radius 2 is 1.40 bits per heavy atom. The van der Waals surface area contributed by atoms with Gasteiger partial charge in [0.15, 0.2) is 0 Å². The summed E-state index contributed by atoms with van der Waals surface area (Å²) in [5.74, 6) is -0.943. The van der Waals surface area contributed by atoms with Gasteiger partial charge < -0.3 is 18.4 Å². The number of carbonyl (C=O) groups is 1. The van der Waals surface area contributed by atoms with Crippen molar-refractivity contribution >= 4 is 20.0 Å². The van der Waals surface area contributed by atoms with Crippen LogP contribution < -0.4 is 5.19 Å². The van der Waals surface area contributed by atoms with Gasteiger partial charge in [-0.1, -0.05) is 42.5 Å². The van der Waals surface area contributed by atoms with Crippen LogP contribution in [-0.4, -0.2) is 39.7 Å². The standard InChI is InChI=1S/C19H24O5Si/c1-4-22-25(23-5-2,24-6-3)16-13-11-15(12-14-16)17-9-7-8-10-18(17)19(20)21/h7-14H,4-6H2,1-3H3,(H,20,21). The van der Waals surface area contributed by atoms with Crippen LogP contribution in [0.1, 0.15) is 31.1 Å². The van der Waals surface area contributed by atoms with E-state index in [-0.39, 0.29) is 5.56 Å². The van der Waals surface area contributed by atoms with Crippen LogP contribution >= 0.6 is 0 Å². The summed E-state index contributed by atoms with van der Waals surface area (Å²) in [6.07, 6.45) is 0. The molecule has 0 heterocycles.